The molecule has 0 aromatic heterocycles. The molecule has 2 unspecified atom stereocenters. The van der Waals surface area contributed by atoms with E-state index in [9.17, 15) is 9.59 Å². The van der Waals surface area contributed by atoms with Crippen LogP contribution in [0.1, 0.15) is 18.9 Å². The summed E-state index contributed by atoms with van der Waals surface area (Å²) in [7, 11) is 0. The molecule has 0 spiro atoms. The lowest BCUT2D eigenvalue weighted by Gasteiger charge is -2.22. The normalized spacial score (nSPS) is 22.3. The van der Waals surface area contributed by atoms with Gasteiger partial charge in [0.05, 0.1) is 0 Å². The molecule has 1 aromatic rings. The van der Waals surface area contributed by atoms with E-state index in [4.69, 9.17) is 9.84 Å². The second-order valence-electron chi connectivity index (χ2n) is 4.78. The van der Waals surface area contributed by atoms with E-state index in [0.29, 0.717) is 13.0 Å². The van der Waals surface area contributed by atoms with Crippen molar-refractivity contribution in [3.05, 3.63) is 35.9 Å². The van der Waals surface area contributed by atoms with Crippen molar-refractivity contribution >= 4 is 12.1 Å². The molecule has 1 aliphatic rings. The Morgan fingerprint density at radius 2 is 2.05 bits per heavy atom. The number of hydrogen-bond acceptors (Lipinski definition) is 3. The maximum Gasteiger partial charge on any atom is 0.410 e. The lowest BCUT2D eigenvalue weighted by Crippen LogP contribution is -2.42. The van der Waals surface area contributed by atoms with Crippen LogP contribution in [0.3, 0.4) is 0 Å². The van der Waals surface area contributed by atoms with Gasteiger partial charge in [-0.05, 0) is 17.9 Å². The van der Waals surface area contributed by atoms with Crippen molar-refractivity contribution in [3.8, 4) is 0 Å². The fourth-order valence-electron chi connectivity index (χ4n) is 2.33. The standard InChI is InChI=1S/C14H17NO4/c1-10-7-8-15(12(10)13(16)17)14(18)19-9-11-5-3-2-4-6-11/h2-6,10,12H,7-9H2,1H3,(H,16,17). The number of hydrogen-bond donors (Lipinski definition) is 1. The number of ether oxygens (including phenoxy) is 1. The number of aliphatic carboxylic acids is 1. The number of benzene rings is 1. The lowest BCUT2D eigenvalue weighted by atomic mass is 10.0. The summed E-state index contributed by atoms with van der Waals surface area (Å²) in [6.07, 6.45) is 0.137. The van der Waals surface area contributed by atoms with Crippen molar-refractivity contribution in [1.29, 1.82) is 0 Å². The first kappa shape index (κ1) is 13.4. The van der Waals surface area contributed by atoms with Crippen molar-refractivity contribution in [2.24, 2.45) is 5.92 Å². The zero-order valence-corrected chi connectivity index (χ0v) is 10.8. The Hall–Kier alpha value is -2.04. The van der Waals surface area contributed by atoms with Crippen LogP contribution in [0.4, 0.5) is 4.79 Å². The zero-order valence-electron chi connectivity index (χ0n) is 10.8. The van der Waals surface area contributed by atoms with Crippen LogP contribution in [-0.4, -0.2) is 34.7 Å². The molecule has 1 aromatic carbocycles. The molecule has 2 atom stereocenters. The Labute approximate surface area is 111 Å². The third kappa shape index (κ3) is 3.05. The third-order valence-corrected chi connectivity index (χ3v) is 3.39. The molecule has 1 aliphatic heterocycles. The van der Waals surface area contributed by atoms with Gasteiger partial charge in [-0.2, -0.15) is 0 Å². The summed E-state index contributed by atoms with van der Waals surface area (Å²) in [5.41, 5.74) is 0.884. The Kier molecular flexibility index (Phi) is 4.04. The molecule has 1 heterocycles. The van der Waals surface area contributed by atoms with Crippen LogP contribution in [0.25, 0.3) is 0 Å². The number of carbonyl (C=O) groups is 2. The average Bonchev–Trinajstić information content (AvgIpc) is 2.79. The number of nitrogens with zero attached hydrogens (tertiary/aromatic N) is 1. The molecule has 1 saturated heterocycles. The maximum absolute atomic E-state index is 11.9. The molecule has 0 saturated carbocycles. The van der Waals surface area contributed by atoms with Crippen molar-refractivity contribution < 1.29 is 19.4 Å². The van der Waals surface area contributed by atoms with Crippen LogP contribution >= 0.6 is 0 Å². The van der Waals surface area contributed by atoms with Crippen LogP contribution in [0.2, 0.25) is 0 Å². The van der Waals surface area contributed by atoms with Gasteiger partial charge in [0.2, 0.25) is 0 Å². The fourth-order valence-corrected chi connectivity index (χ4v) is 2.33. The van der Waals surface area contributed by atoms with Gasteiger partial charge in [-0.3, -0.25) is 4.90 Å². The molecular formula is C14H17NO4. The topological polar surface area (TPSA) is 66.8 Å². The van der Waals surface area contributed by atoms with Crippen molar-refractivity contribution in [2.45, 2.75) is 26.0 Å². The Balaban J connectivity index is 1.95. The number of rotatable bonds is 3. The van der Waals surface area contributed by atoms with E-state index < -0.39 is 18.1 Å². The minimum atomic E-state index is -0.971. The van der Waals surface area contributed by atoms with E-state index in [0.717, 1.165) is 5.56 Å². The number of amides is 1. The van der Waals surface area contributed by atoms with E-state index in [1.807, 2.05) is 37.3 Å². The maximum atomic E-state index is 11.9. The van der Waals surface area contributed by atoms with E-state index in [2.05, 4.69) is 0 Å². The molecule has 5 heteroatoms. The smallest absolute Gasteiger partial charge is 0.410 e. The molecule has 102 valence electrons. The molecular weight excluding hydrogens is 246 g/mol. The predicted molar refractivity (Wildman–Crippen MR) is 68.5 cm³/mol. The SMILES string of the molecule is CC1CCN(C(=O)OCc2ccccc2)C1C(=O)O. The van der Waals surface area contributed by atoms with Gasteiger partial charge in [0.25, 0.3) is 0 Å². The molecule has 1 amide bonds. The Bertz CT molecular complexity index is 460. The van der Waals surface area contributed by atoms with Crippen LogP contribution < -0.4 is 0 Å². The van der Waals surface area contributed by atoms with Gasteiger partial charge in [-0.1, -0.05) is 37.3 Å². The summed E-state index contributed by atoms with van der Waals surface area (Å²) in [4.78, 5) is 24.4. The molecule has 0 aliphatic carbocycles. The minimum absolute atomic E-state index is 0.0400. The number of carboxylic acid groups (broad SMARTS) is 1. The van der Waals surface area contributed by atoms with Gasteiger partial charge in [-0.15, -0.1) is 0 Å². The number of carbonyl (C=O) groups excluding carboxylic acids is 1. The number of likely N-dealkylation sites (tertiary alicyclic amines) is 1. The second kappa shape index (κ2) is 5.73. The molecule has 1 fully saturated rings. The Morgan fingerprint density at radius 1 is 1.37 bits per heavy atom. The summed E-state index contributed by atoms with van der Waals surface area (Å²) < 4.78 is 5.16. The third-order valence-electron chi connectivity index (χ3n) is 3.39. The quantitative estimate of drug-likeness (QED) is 0.907. The first-order valence-electron chi connectivity index (χ1n) is 6.29. The van der Waals surface area contributed by atoms with Crippen LogP contribution in [0, 0.1) is 5.92 Å². The molecule has 19 heavy (non-hydrogen) atoms. The largest absolute Gasteiger partial charge is 0.480 e. The average molecular weight is 263 g/mol. The highest BCUT2D eigenvalue weighted by molar-refractivity contribution is 5.81. The van der Waals surface area contributed by atoms with Gasteiger partial charge in [0, 0.05) is 6.54 Å². The molecule has 0 radical (unpaired) electrons. The number of carboxylic acids is 1. The minimum Gasteiger partial charge on any atom is -0.480 e. The van der Waals surface area contributed by atoms with E-state index in [1.165, 1.54) is 4.90 Å². The van der Waals surface area contributed by atoms with E-state index >= 15 is 0 Å². The van der Waals surface area contributed by atoms with Crippen LogP contribution in [0.15, 0.2) is 30.3 Å². The van der Waals surface area contributed by atoms with E-state index in [1.54, 1.807) is 0 Å². The van der Waals surface area contributed by atoms with Crippen LogP contribution in [0.5, 0.6) is 0 Å². The highest BCUT2D eigenvalue weighted by atomic mass is 16.6. The summed E-state index contributed by atoms with van der Waals surface area (Å²) in [5.74, 6) is -1.01. The predicted octanol–water partition coefficient (Wildman–Crippen LogP) is 2.12. The van der Waals surface area contributed by atoms with Gasteiger partial charge < -0.3 is 9.84 Å². The Morgan fingerprint density at radius 3 is 2.68 bits per heavy atom. The highest BCUT2D eigenvalue weighted by Crippen LogP contribution is 2.25. The molecule has 2 rings (SSSR count). The van der Waals surface area contributed by atoms with Crippen molar-refractivity contribution in [1.82, 2.24) is 4.90 Å². The fraction of sp³-hybridized carbons (Fsp3) is 0.429. The lowest BCUT2D eigenvalue weighted by molar-refractivity contribution is -0.142. The second-order valence-corrected chi connectivity index (χ2v) is 4.78. The molecule has 1 N–H and O–H groups in total. The summed E-state index contributed by atoms with van der Waals surface area (Å²) >= 11 is 0. The first-order valence-corrected chi connectivity index (χ1v) is 6.29. The zero-order chi connectivity index (χ0) is 13.8. The molecule has 0 bridgehead atoms. The van der Waals surface area contributed by atoms with E-state index in [-0.39, 0.29) is 12.5 Å². The van der Waals surface area contributed by atoms with Gasteiger partial charge in [0.15, 0.2) is 0 Å². The summed E-state index contributed by atoms with van der Waals surface area (Å²) in [5, 5.41) is 9.14. The summed E-state index contributed by atoms with van der Waals surface area (Å²) in [6.45, 7) is 2.44. The monoisotopic (exact) mass is 263 g/mol. The first-order chi connectivity index (χ1) is 9.09. The van der Waals surface area contributed by atoms with Gasteiger partial charge in [0.1, 0.15) is 12.6 Å². The highest BCUT2D eigenvalue weighted by Gasteiger charge is 2.40. The summed E-state index contributed by atoms with van der Waals surface area (Å²) in [6, 6.07) is 8.54. The van der Waals surface area contributed by atoms with Gasteiger partial charge >= 0.3 is 12.1 Å². The van der Waals surface area contributed by atoms with Crippen molar-refractivity contribution in [3.63, 3.8) is 0 Å². The molecule has 5 nitrogen and oxygen atoms in total. The van der Waals surface area contributed by atoms with Gasteiger partial charge in [-0.25, -0.2) is 9.59 Å². The van der Waals surface area contributed by atoms with Crippen molar-refractivity contribution in [2.75, 3.05) is 6.54 Å². The van der Waals surface area contributed by atoms with Crippen LogP contribution in [-0.2, 0) is 16.1 Å².